The quantitative estimate of drug-likeness (QED) is 0.699. The van der Waals surface area contributed by atoms with Crippen molar-refractivity contribution >= 4 is 27.3 Å². The van der Waals surface area contributed by atoms with Crippen molar-refractivity contribution in [3.05, 3.63) is 64.2 Å². The van der Waals surface area contributed by atoms with Crippen molar-refractivity contribution in [2.24, 2.45) is 0 Å². The number of hydrogen-bond acceptors (Lipinski definition) is 2. The summed E-state index contributed by atoms with van der Waals surface area (Å²) in [7, 11) is 0. The van der Waals surface area contributed by atoms with E-state index in [1.54, 1.807) is 11.3 Å². The van der Waals surface area contributed by atoms with Gasteiger partial charge in [-0.2, -0.15) is 0 Å². The van der Waals surface area contributed by atoms with Crippen LogP contribution in [0.3, 0.4) is 0 Å². The molecule has 3 rings (SSSR count). The molecule has 4 heteroatoms. The monoisotopic (exact) mass is 318 g/mol. The first-order chi connectivity index (χ1) is 8.83. The van der Waals surface area contributed by atoms with Crippen molar-refractivity contribution in [3.8, 4) is 10.7 Å². The Morgan fingerprint density at radius 2 is 2.17 bits per heavy atom. The van der Waals surface area contributed by atoms with E-state index < -0.39 is 0 Å². The molecule has 0 spiro atoms. The van der Waals surface area contributed by atoms with Crippen molar-refractivity contribution in [2.45, 2.75) is 6.54 Å². The molecule has 3 aromatic rings. The summed E-state index contributed by atoms with van der Waals surface area (Å²) in [5.41, 5.74) is 1.26. The number of imidazole rings is 1. The number of rotatable bonds is 3. The van der Waals surface area contributed by atoms with Crippen LogP contribution in [0.4, 0.5) is 0 Å². The first-order valence-corrected chi connectivity index (χ1v) is 7.29. The Hall–Kier alpha value is -1.39. The Morgan fingerprint density at radius 3 is 2.94 bits per heavy atom. The molecule has 0 radical (unpaired) electrons. The second-order valence-electron chi connectivity index (χ2n) is 3.99. The molecule has 0 aliphatic heterocycles. The lowest BCUT2D eigenvalue weighted by Crippen LogP contribution is -2.00. The minimum Gasteiger partial charge on any atom is -0.326 e. The van der Waals surface area contributed by atoms with Crippen LogP contribution in [0.25, 0.3) is 10.7 Å². The molecule has 2 heterocycles. The molecule has 0 saturated carbocycles. The lowest BCUT2D eigenvalue weighted by Gasteiger charge is -2.07. The molecule has 2 aromatic heterocycles. The first kappa shape index (κ1) is 11.7. The van der Waals surface area contributed by atoms with Gasteiger partial charge in [-0.3, -0.25) is 0 Å². The van der Waals surface area contributed by atoms with Crippen molar-refractivity contribution in [2.75, 3.05) is 0 Å². The van der Waals surface area contributed by atoms with E-state index in [1.807, 2.05) is 18.5 Å². The Bertz CT molecular complexity index is 643. The number of halogens is 1. The summed E-state index contributed by atoms with van der Waals surface area (Å²) in [5.74, 6) is 1.03. The molecule has 0 N–H and O–H groups in total. The van der Waals surface area contributed by atoms with Gasteiger partial charge in [0.2, 0.25) is 0 Å². The number of aromatic nitrogens is 2. The summed E-state index contributed by atoms with van der Waals surface area (Å²) in [6.45, 7) is 0.840. The van der Waals surface area contributed by atoms with Crippen LogP contribution in [-0.4, -0.2) is 9.55 Å². The van der Waals surface area contributed by atoms with E-state index in [2.05, 4.69) is 61.2 Å². The maximum atomic E-state index is 4.44. The van der Waals surface area contributed by atoms with E-state index in [0.717, 1.165) is 16.8 Å². The van der Waals surface area contributed by atoms with Crippen LogP contribution in [-0.2, 0) is 6.54 Å². The highest BCUT2D eigenvalue weighted by atomic mass is 79.9. The van der Waals surface area contributed by atoms with Gasteiger partial charge >= 0.3 is 0 Å². The van der Waals surface area contributed by atoms with Gasteiger partial charge in [-0.05, 0) is 29.1 Å². The molecular weight excluding hydrogens is 308 g/mol. The van der Waals surface area contributed by atoms with Crippen LogP contribution < -0.4 is 0 Å². The fourth-order valence-electron chi connectivity index (χ4n) is 1.90. The molecule has 0 fully saturated rings. The van der Waals surface area contributed by atoms with Crippen LogP contribution in [0.5, 0.6) is 0 Å². The fourth-order valence-corrected chi connectivity index (χ4v) is 3.08. The number of nitrogens with zero attached hydrogens (tertiary/aromatic N) is 2. The maximum Gasteiger partial charge on any atom is 0.150 e. The number of hydrogen-bond donors (Lipinski definition) is 0. The predicted molar refractivity (Wildman–Crippen MR) is 78.8 cm³/mol. The van der Waals surface area contributed by atoms with E-state index in [1.165, 1.54) is 10.4 Å². The number of benzene rings is 1. The summed E-state index contributed by atoms with van der Waals surface area (Å²) in [6.07, 6.45) is 3.88. The van der Waals surface area contributed by atoms with Crippen molar-refractivity contribution in [3.63, 3.8) is 0 Å². The van der Waals surface area contributed by atoms with E-state index >= 15 is 0 Å². The third kappa shape index (κ3) is 2.40. The van der Waals surface area contributed by atoms with Crippen LogP contribution in [0.15, 0.2) is 58.6 Å². The molecule has 0 saturated heterocycles. The lowest BCUT2D eigenvalue weighted by molar-refractivity contribution is 0.808. The summed E-state index contributed by atoms with van der Waals surface area (Å²) in [6, 6.07) is 12.5. The average molecular weight is 319 g/mol. The Morgan fingerprint density at radius 1 is 1.22 bits per heavy atom. The highest BCUT2D eigenvalue weighted by molar-refractivity contribution is 9.10. The van der Waals surface area contributed by atoms with Gasteiger partial charge in [-0.25, -0.2) is 4.98 Å². The van der Waals surface area contributed by atoms with Crippen molar-refractivity contribution in [1.82, 2.24) is 9.55 Å². The van der Waals surface area contributed by atoms with Crippen LogP contribution >= 0.6 is 27.3 Å². The van der Waals surface area contributed by atoms with Crippen LogP contribution in [0, 0.1) is 0 Å². The smallest absolute Gasteiger partial charge is 0.150 e. The van der Waals surface area contributed by atoms with Gasteiger partial charge in [-0.1, -0.05) is 34.1 Å². The van der Waals surface area contributed by atoms with Gasteiger partial charge in [0.1, 0.15) is 5.82 Å². The third-order valence-electron chi connectivity index (χ3n) is 2.70. The zero-order chi connectivity index (χ0) is 12.4. The summed E-state index contributed by atoms with van der Waals surface area (Å²) in [5, 5.41) is 2.08. The minimum absolute atomic E-state index is 0.840. The Labute approximate surface area is 118 Å². The van der Waals surface area contributed by atoms with Gasteiger partial charge in [0.05, 0.1) is 4.88 Å². The molecular formula is C14H11BrN2S. The van der Waals surface area contributed by atoms with Gasteiger partial charge in [0.15, 0.2) is 0 Å². The highest BCUT2D eigenvalue weighted by Crippen LogP contribution is 2.24. The topological polar surface area (TPSA) is 17.8 Å². The summed E-state index contributed by atoms with van der Waals surface area (Å²) < 4.78 is 3.28. The minimum atomic E-state index is 0.840. The molecule has 0 aliphatic carbocycles. The molecule has 18 heavy (non-hydrogen) atoms. The second-order valence-corrected chi connectivity index (χ2v) is 5.85. The molecule has 0 aliphatic rings. The summed E-state index contributed by atoms with van der Waals surface area (Å²) in [4.78, 5) is 5.64. The molecule has 0 atom stereocenters. The molecule has 2 nitrogen and oxygen atoms in total. The van der Waals surface area contributed by atoms with Crippen LogP contribution in [0.2, 0.25) is 0 Å². The SMILES string of the molecule is Brc1cccc(Cn2ccnc2-c2cccs2)c1. The highest BCUT2D eigenvalue weighted by Gasteiger charge is 2.07. The van der Waals surface area contributed by atoms with E-state index in [0.29, 0.717) is 0 Å². The fraction of sp³-hybridized carbons (Fsp3) is 0.0714. The van der Waals surface area contributed by atoms with Crippen molar-refractivity contribution in [1.29, 1.82) is 0 Å². The van der Waals surface area contributed by atoms with Crippen molar-refractivity contribution < 1.29 is 0 Å². The van der Waals surface area contributed by atoms with Crippen LogP contribution in [0.1, 0.15) is 5.56 Å². The zero-order valence-corrected chi connectivity index (χ0v) is 12.0. The normalized spacial score (nSPS) is 10.7. The first-order valence-electron chi connectivity index (χ1n) is 5.62. The van der Waals surface area contributed by atoms with Gasteiger partial charge in [0.25, 0.3) is 0 Å². The molecule has 90 valence electrons. The largest absolute Gasteiger partial charge is 0.326 e. The standard InChI is InChI=1S/C14H11BrN2S/c15-12-4-1-3-11(9-12)10-17-7-6-16-14(17)13-5-2-8-18-13/h1-9H,10H2. The number of thiophene rings is 1. The van der Waals surface area contributed by atoms with E-state index in [9.17, 15) is 0 Å². The lowest BCUT2D eigenvalue weighted by atomic mass is 10.2. The van der Waals surface area contributed by atoms with Gasteiger partial charge < -0.3 is 4.57 Å². The average Bonchev–Trinajstić information content (AvgIpc) is 2.98. The molecule has 0 amide bonds. The van der Waals surface area contributed by atoms with Gasteiger partial charge in [0, 0.05) is 23.4 Å². The van der Waals surface area contributed by atoms with Gasteiger partial charge in [-0.15, -0.1) is 11.3 Å². The van der Waals surface area contributed by atoms with E-state index in [4.69, 9.17) is 0 Å². The third-order valence-corrected chi connectivity index (χ3v) is 4.06. The maximum absolute atomic E-state index is 4.44. The second kappa shape index (κ2) is 5.08. The molecule has 0 bridgehead atoms. The molecule has 0 unspecified atom stereocenters. The summed E-state index contributed by atoms with van der Waals surface area (Å²) >= 11 is 5.22. The Balaban J connectivity index is 1.92. The van der Waals surface area contributed by atoms with E-state index in [-0.39, 0.29) is 0 Å². The molecule has 1 aromatic carbocycles. The predicted octanol–water partition coefficient (Wildman–Crippen LogP) is 4.42. The zero-order valence-electron chi connectivity index (χ0n) is 9.58. The Kier molecular flexibility index (Phi) is 3.30.